The molecule has 6 heteroatoms. The lowest BCUT2D eigenvalue weighted by molar-refractivity contribution is -0.154. The second kappa shape index (κ2) is 7.54. The quantitative estimate of drug-likeness (QED) is 0.729. The minimum absolute atomic E-state index is 0.211. The summed E-state index contributed by atoms with van der Waals surface area (Å²) in [5.41, 5.74) is 1.02. The molecular formula is C15H22ClNO4. The molecule has 0 saturated carbocycles. The van der Waals surface area contributed by atoms with E-state index in [1.165, 1.54) is 7.11 Å². The number of nitrogens with zero attached hydrogens (tertiary/aromatic N) is 1. The predicted molar refractivity (Wildman–Crippen MR) is 80.4 cm³/mol. The topological polar surface area (TPSA) is 73.2 Å². The van der Waals surface area contributed by atoms with Gasteiger partial charge in [0.2, 0.25) is 0 Å². The average Bonchev–Trinajstić information content (AvgIpc) is 2.49. The second-order valence-corrected chi connectivity index (χ2v) is 5.75. The molecule has 118 valence electrons. The lowest BCUT2D eigenvalue weighted by Crippen LogP contribution is -2.63. The molecule has 0 bridgehead atoms. The number of hydrogen-bond donors (Lipinski definition) is 3. The molecule has 2 rings (SSSR count). The van der Waals surface area contributed by atoms with Crippen LogP contribution in [0.25, 0.3) is 0 Å². The van der Waals surface area contributed by atoms with Crippen LogP contribution in [0.2, 0.25) is 5.02 Å². The van der Waals surface area contributed by atoms with Crippen LogP contribution in [0.5, 0.6) is 0 Å². The molecule has 4 atom stereocenters. The van der Waals surface area contributed by atoms with Gasteiger partial charge in [-0.3, -0.25) is 4.90 Å². The minimum atomic E-state index is -1.03. The molecule has 0 unspecified atom stereocenters. The molecule has 5 nitrogen and oxygen atoms in total. The molecule has 21 heavy (non-hydrogen) atoms. The van der Waals surface area contributed by atoms with E-state index in [4.69, 9.17) is 16.3 Å². The van der Waals surface area contributed by atoms with E-state index in [1.807, 2.05) is 29.2 Å². The van der Waals surface area contributed by atoms with Crippen LogP contribution in [0.15, 0.2) is 24.3 Å². The fourth-order valence-corrected chi connectivity index (χ4v) is 3.03. The Bertz CT molecular complexity index is 459. The molecule has 0 aliphatic carbocycles. The van der Waals surface area contributed by atoms with Crippen molar-refractivity contribution < 1.29 is 20.1 Å². The molecule has 0 spiro atoms. The number of rotatable bonds is 5. The summed E-state index contributed by atoms with van der Waals surface area (Å²) >= 11 is 6.14. The van der Waals surface area contributed by atoms with E-state index in [0.29, 0.717) is 24.5 Å². The van der Waals surface area contributed by atoms with Gasteiger partial charge < -0.3 is 20.1 Å². The van der Waals surface area contributed by atoms with Gasteiger partial charge in [-0.2, -0.15) is 0 Å². The van der Waals surface area contributed by atoms with Gasteiger partial charge in [0, 0.05) is 25.2 Å². The molecular weight excluding hydrogens is 294 g/mol. The van der Waals surface area contributed by atoms with Crippen molar-refractivity contribution in [3.05, 3.63) is 34.9 Å². The Kier molecular flexibility index (Phi) is 5.98. The molecule has 1 saturated heterocycles. The van der Waals surface area contributed by atoms with Crippen LogP contribution < -0.4 is 0 Å². The first-order chi connectivity index (χ1) is 10.1. The minimum Gasteiger partial charge on any atom is -0.395 e. The molecule has 1 fully saturated rings. The van der Waals surface area contributed by atoms with Crippen molar-refractivity contribution in [3.63, 3.8) is 0 Å². The van der Waals surface area contributed by atoms with Crippen LogP contribution in [-0.4, -0.2) is 71.4 Å². The summed E-state index contributed by atoms with van der Waals surface area (Å²) in [4.78, 5) is 1.94. The van der Waals surface area contributed by atoms with Gasteiger partial charge in [0.15, 0.2) is 0 Å². The maximum absolute atomic E-state index is 10.1. The highest BCUT2D eigenvalue weighted by molar-refractivity contribution is 6.31. The number of benzene rings is 1. The third-order valence-corrected chi connectivity index (χ3v) is 4.49. The third kappa shape index (κ3) is 3.74. The maximum Gasteiger partial charge on any atom is 0.109 e. The van der Waals surface area contributed by atoms with Crippen molar-refractivity contribution in [1.82, 2.24) is 4.90 Å². The Labute approximate surface area is 129 Å². The first kappa shape index (κ1) is 16.7. The smallest absolute Gasteiger partial charge is 0.109 e. The van der Waals surface area contributed by atoms with Gasteiger partial charge in [0.05, 0.1) is 18.8 Å². The maximum atomic E-state index is 10.1. The van der Waals surface area contributed by atoms with Crippen LogP contribution >= 0.6 is 11.6 Å². The van der Waals surface area contributed by atoms with Crippen molar-refractivity contribution in [2.24, 2.45) is 0 Å². The molecule has 1 heterocycles. The van der Waals surface area contributed by atoms with Gasteiger partial charge in [-0.15, -0.1) is 0 Å². The van der Waals surface area contributed by atoms with Gasteiger partial charge in [0.25, 0.3) is 0 Å². The van der Waals surface area contributed by atoms with Gasteiger partial charge in [0.1, 0.15) is 12.2 Å². The summed E-state index contributed by atoms with van der Waals surface area (Å²) < 4.78 is 5.21. The number of aliphatic hydroxyl groups is 3. The fourth-order valence-electron chi connectivity index (χ4n) is 2.80. The standard InChI is InChI=1S/C15H22ClNO4/c1-21-13-8-17(12(9-18)14(19)15(13)20)7-6-10-4-2-3-5-11(10)16/h2-5,12-15,18-20H,6-9H2,1H3/t12-,13+,14-,15-/m1/s1. The van der Waals surface area contributed by atoms with E-state index >= 15 is 0 Å². The first-order valence-electron chi connectivity index (χ1n) is 7.05. The highest BCUT2D eigenvalue weighted by Crippen LogP contribution is 2.22. The van der Waals surface area contributed by atoms with E-state index in [-0.39, 0.29) is 6.61 Å². The Morgan fingerprint density at radius 3 is 2.62 bits per heavy atom. The van der Waals surface area contributed by atoms with Crippen LogP contribution in [0.3, 0.4) is 0 Å². The summed E-state index contributed by atoms with van der Waals surface area (Å²) in [6, 6.07) is 7.11. The number of aliphatic hydroxyl groups excluding tert-OH is 3. The van der Waals surface area contributed by atoms with Gasteiger partial charge in [-0.25, -0.2) is 0 Å². The predicted octanol–water partition coefficient (Wildman–Crippen LogP) is 0.296. The molecule has 0 amide bonds. The number of piperidine rings is 1. The van der Waals surface area contributed by atoms with Crippen molar-refractivity contribution in [2.75, 3.05) is 26.8 Å². The highest BCUT2D eigenvalue weighted by atomic mass is 35.5. The van der Waals surface area contributed by atoms with Gasteiger partial charge in [-0.05, 0) is 18.1 Å². The van der Waals surface area contributed by atoms with Crippen LogP contribution in [-0.2, 0) is 11.2 Å². The van der Waals surface area contributed by atoms with Gasteiger partial charge in [-0.1, -0.05) is 29.8 Å². The molecule has 0 radical (unpaired) electrons. The van der Waals surface area contributed by atoms with Crippen molar-refractivity contribution in [3.8, 4) is 0 Å². The number of methoxy groups -OCH3 is 1. The van der Waals surface area contributed by atoms with Crippen LogP contribution in [0.1, 0.15) is 5.56 Å². The normalized spacial score (nSPS) is 30.5. The molecule has 3 N–H and O–H groups in total. The zero-order valence-electron chi connectivity index (χ0n) is 12.0. The van der Waals surface area contributed by atoms with E-state index in [1.54, 1.807) is 0 Å². The Morgan fingerprint density at radius 2 is 2.00 bits per heavy atom. The highest BCUT2D eigenvalue weighted by Gasteiger charge is 2.41. The van der Waals surface area contributed by atoms with E-state index in [0.717, 1.165) is 5.56 Å². The zero-order chi connectivity index (χ0) is 15.4. The monoisotopic (exact) mass is 315 g/mol. The third-order valence-electron chi connectivity index (χ3n) is 4.12. The Hall–Kier alpha value is -0.690. The molecule has 1 aliphatic rings. The summed E-state index contributed by atoms with van der Waals surface area (Å²) in [5, 5.41) is 30.2. The van der Waals surface area contributed by atoms with Crippen molar-refractivity contribution in [1.29, 1.82) is 0 Å². The molecule has 1 aromatic carbocycles. The van der Waals surface area contributed by atoms with E-state index < -0.39 is 24.4 Å². The fraction of sp³-hybridized carbons (Fsp3) is 0.600. The molecule has 1 aliphatic heterocycles. The Morgan fingerprint density at radius 1 is 1.29 bits per heavy atom. The number of ether oxygens (including phenoxy) is 1. The summed E-state index contributed by atoms with van der Waals surface area (Å²) in [6.07, 6.45) is -1.77. The summed E-state index contributed by atoms with van der Waals surface area (Å²) in [6.45, 7) is 0.875. The lowest BCUT2D eigenvalue weighted by atomic mass is 9.93. The van der Waals surface area contributed by atoms with Crippen LogP contribution in [0.4, 0.5) is 0 Å². The van der Waals surface area contributed by atoms with E-state index in [2.05, 4.69) is 0 Å². The van der Waals surface area contributed by atoms with Crippen molar-refractivity contribution in [2.45, 2.75) is 30.8 Å². The SMILES string of the molecule is CO[C@H]1CN(CCc2ccccc2Cl)[C@H](CO)[C@@H](O)[C@@H]1O. The molecule has 1 aromatic rings. The van der Waals surface area contributed by atoms with Crippen LogP contribution in [0, 0.1) is 0 Å². The summed E-state index contributed by atoms with van der Waals surface area (Å²) in [7, 11) is 1.51. The largest absolute Gasteiger partial charge is 0.395 e. The molecule has 0 aromatic heterocycles. The number of likely N-dealkylation sites (tertiary alicyclic amines) is 1. The van der Waals surface area contributed by atoms with Crippen molar-refractivity contribution >= 4 is 11.6 Å². The average molecular weight is 316 g/mol. The summed E-state index contributed by atoms with van der Waals surface area (Å²) in [5.74, 6) is 0. The lowest BCUT2D eigenvalue weighted by Gasteiger charge is -2.44. The zero-order valence-corrected chi connectivity index (χ0v) is 12.8. The first-order valence-corrected chi connectivity index (χ1v) is 7.43. The Balaban J connectivity index is 2.04. The number of halogens is 1. The van der Waals surface area contributed by atoms with Gasteiger partial charge >= 0.3 is 0 Å². The van der Waals surface area contributed by atoms with E-state index in [9.17, 15) is 15.3 Å². The number of hydrogen-bond acceptors (Lipinski definition) is 5. The second-order valence-electron chi connectivity index (χ2n) is 5.34.